The smallest absolute Gasteiger partial charge is 0.332 e. The average Bonchev–Trinajstić information content (AvgIpc) is 3.09. The molecule has 2 aromatic heterocycles. The molecule has 176 valence electrons. The Hall–Kier alpha value is -3.36. The number of nitrogens with zero attached hydrogens (tertiary/aromatic N) is 5. The molecular weight excluding hydrogens is 422 g/mol. The average molecular weight is 454 g/mol. The van der Waals surface area contributed by atoms with Crippen molar-refractivity contribution in [1.29, 1.82) is 0 Å². The fraction of sp³-hybridized carbons (Fsp3) is 0.500. The van der Waals surface area contributed by atoms with Gasteiger partial charge in [-0.25, -0.2) is 9.78 Å². The molecule has 4 rings (SSSR count). The molecule has 0 spiro atoms. The molecule has 3 aromatic rings. The van der Waals surface area contributed by atoms with Crippen LogP contribution in [0.1, 0.15) is 50.1 Å². The van der Waals surface area contributed by atoms with E-state index in [1.54, 1.807) is 25.1 Å². The van der Waals surface area contributed by atoms with Gasteiger partial charge in [0.05, 0.1) is 19.5 Å². The van der Waals surface area contributed by atoms with Crippen molar-refractivity contribution in [3.8, 4) is 5.75 Å². The van der Waals surface area contributed by atoms with Gasteiger partial charge in [-0.15, -0.1) is 0 Å². The molecule has 1 fully saturated rings. The predicted molar refractivity (Wildman–Crippen MR) is 125 cm³/mol. The summed E-state index contributed by atoms with van der Waals surface area (Å²) in [5.74, 6) is 0.934. The van der Waals surface area contributed by atoms with Crippen LogP contribution in [0.15, 0.2) is 40.2 Å². The molecule has 1 atom stereocenters. The van der Waals surface area contributed by atoms with E-state index in [0.717, 1.165) is 48.1 Å². The minimum atomic E-state index is -0.404. The number of aryl methyl sites for hydroxylation is 2. The van der Waals surface area contributed by atoms with Crippen LogP contribution in [-0.4, -0.2) is 43.1 Å². The van der Waals surface area contributed by atoms with Gasteiger partial charge in [0.2, 0.25) is 5.91 Å². The summed E-state index contributed by atoms with van der Waals surface area (Å²) in [4.78, 5) is 44.2. The molecule has 1 aliphatic heterocycles. The van der Waals surface area contributed by atoms with Gasteiger partial charge in [-0.3, -0.25) is 18.7 Å². The van der Waals surface area contributed by atoms with E-state index >= 15 is 0 Å². The SMILES string of the molecule is COc1ccc([C@H]2CCCCCN2C(=O)CCCn2cnc3c2c(=O)n(C)c(=O)n3C)cc1. The molecule has 1 saturated heterocycles. The van der Waals surface area contributed by atoms with Crippen LogP contribution >= 0.6 is 0 Å². The normalized spacial score (nSPS) is 16.7. The fourth-order valence-corrected chi connectivity index (χ4v) is 4.69. The molecule has 0 aliphatic carbocycles. The number of fused-ring (bicyclic) bond motifs is 1. The third kappa shape index (κ3) is 4.44. The Bertz CT molecular complexity index is 1250. The highest BCUT2D eigenvalue weighted by Gasteiger charge is 2.26. The monoisotopic (exact) mass is 453 g/mol. The Balaban J connectivity index is 1.48. The van der Waals surface area contributed by atoms with Crippen LogP contribution in [0.5, 0.6) is 5.75 Å². The molecule has 0 radical (unpaired) electrons. The summed E-state index contributed by atoms with van der Waals surface area (Å²) in [6.45, 7) is 1.24. The molecule has 0 unspecified atom stereocenters. The van der Waals surface area contributed by atoms with Crippen molar-refractivity contribution in [3.05, 3.63) is 57.0 Å². The molecule has 1 amide bonds. The van der Waals surface area contributed by atoms with E-state index < -0.39 is 5.69 Å². The number of aromatic nitrogens is 4. The number of carbonyl (C=O) groups excluding carboxylic acids is 1. The van der Waals surface area contributed by atoms with Crippen LogP contribution < -0.4 is 16.0 Å². The zero-order chi connectivity index (χ0) is 23.5. The number of amides is 1. The minimum absolute atomic E-state index is 0.0711. The number of carbonyl (C=O) groups is 1. The maximum Gasteiger partial charge on any atom is 0.332 e. The summed E-state index contributed by atoms with van der Waals surface area (Å²) in [5.41, 5.74) is 1.11. The van der Waals surface area contributed by atoms with E-state index in [4.69, 9.17) is 4.74 Å². The van der Waals surface area contributed by atoms with Gasteiger partial charge in [0.1, 0.15) is 5.75 Å². The molecule has 0 saturated carbocycles. The Morgan fingerprint density at radius 2 is 1.85 bits per heavy atom. The highest BCUT2D eigenvalue weighted by atomic mass is 16.5. The molecule has 0 N–H and O–H groups in total. The second-order valence-electron chi connectivity index (χ2n) is 8.64. The molecule has 9 heteroatoms. The van der Waals surface area contributed by atoms with Crippen molar-refractivity contribution in [2.24, 2.45) is 14.1 Å². The number of likely N-dealkylation sites (tertiary alicyclic amines) is 1. The predicted octanol–water partition coefficient (Wildman–Crippen LogP) is 2.37. The van der Waals surface area contributed by atoms with Gasteiger partial charge in [0.25, 0.3) is 5.56 Å². The summed E-state index contributed by atoms with van der Waals surface area (Å²) < 4.78 is 9.47. The van der Waals surface area contributed by atoms with Gasteiger partial charge < -0.3 is 14.2 Å². The van der Waals surface area contributed by atoms with E-state index in [9.17, 15) is 14.4 Å². The van der Waals surface area contributed by atoms with Crippen LogP contribution in [0.25, 0.3) is 11.2 Å². The lowest BCUT2D eigenvalue weighted by atomic mass is 10.00. The van der Waals surface area contributed by atoms with Crippen LogP contribution in [0, 0.1) is 0 Å². The third-order valence-corrected chi connectivity index (χ3v) is 6.58. The number of imidazole rings is 1. The van der Waals surface area contributed by atoms with Gasteiger partial charge in [-0.2, -0.15) is 0 Å². The van der Waals surface area contributed by atoms with E-state index in [1.165, 1.54) is 11.6 Å². The maximum atomic E-state index is 13.2. The van der Waals surface area contributed by atoms with Crippen LogP contribution in [0.3, 0.4) is 0 Å². The van der Waals surface area contributed by atoms with Crippen molar-refractivity contribution in [2.75, 3.05) is 13.7 Å². The Morgan fingerprint density at radius 1 is 1.09 bits per heavy atom. The fourth-order valence-electron chi connectivity index (χ4n) is 4.69. The molecular formula is C24H31N5O4. The lowest BCUT2D eigenvalue weighted by Crippen LogP contribution is -2.37. The van der Waals surface area contributed by atoms with Crippen LogP contribution in [0.4, 0.5) is 0 Å². The van der Waals surface area contributed by atoms with Crippen molar-refractivity contribution >= 4 is 17.1 Å². The van der Waals surface area contributed by atoms with Crippen molar-refractivity contribution in [2.45, 2.75) is 51.1 Å². The lowest BCUT2D eigenvalue weighted by Gasteiger charge is -2.31. The lowest BCUT2D eigenvalue weighted by molar-refractivity contribution is -0.133. The topological polar surface area (TPSA) is 91.4 Å². The quantitative estimate of drug-likeness (QED) is 0.572. The Labute approximate surface area is 192 Å². The third-order valence-electron chi connectivity index (χ3n) is 6.58. The number of methoxy groups -OCH3 is 1. The first-order valence-electron chi connectivity index (χ1n) is 11.5. The van der Waals surface area contributed by atoms with Crippen molar-refractivity contribution < 1.29 is 9.53 Å². The summed E-state index contributed by atoms with van der Waals surface area (Å²) in [5, 5.41) is 0. The molecule has 1 aliphatic rings. The number of rotatable bonds is 6. The summed E-state index contributed by atoms with van der Waals surface area (Å²) in [7, 11) is 4.71. The highest BCUT2D eigenvalue weighted by molar-refractivity contribution is 5.77. The van der Waals surface area contributed by atoms with Crippen molar-refractivity contribution in [1.82, 2.24) is 23.6 Å². The molecule has 1 aromatic carbocycles. The first-order chi connectivity index (χ1) is 15.9. The van der Waals surface area contributed by atoms with Gasteiger partial charge in [0, 0.05) is 33.6 Å². The summed E-state index contributed by atoms with van der Waals surface area (Å²) >= 11 is 0. The Morgan fingerprint density at radius 3 is 2.58 bits per heavy atom. The first-order valence-corrected chi connectivity index (χ1v) is 11.5. The van der Waals surface area contributed by atoms with Crippen molar-refractivity contribution in [3.63, 3.8) is 0 Å². The number of benzene rings is 1. The first kappa shape index (κ1) is 22.8. The Kier molecular flexibility index (Phi) is 6.67. The zero-order valence-electron chi connectivity index (χ0n) is 19.5. The second-order valence-corrected chi connectivity index (χ2v) is 8.64. The standard InChI is InChI=1S/C24H31N5O4/c1-26-22-21(23(31)27(2)24(26)32)28(16-25-22)14-7-9-20(30)29-15-6-4-5-8-19(29)17-10-12-18(33-3)13-11-17/h10-13,16,19H,4-9,14-15H2,1-3H3/t19-/m1/s1. The van der Waals surface area contributed by atoms with E-state index in [1.807, 2.05) is 29.2 Å². The zero-order valence-corrected chi connectivity index (χ0v) is 19.5. The molecule has 9 nitrogen and oxygen atoms in total. The van der Waals surface area contributed by atoms with Gasteiger partial charge in [-0.05, 0) is 37.0 Å². The molecule has 0 bridgehead atoms. The van der Waals surface area contributed by atoms with E-state index in [0.29, 0.717) is 30.6 Å². The number of hydrogen-bond acceptors (Lipinski definition) is 5. The number of ether oxygens (including phenoxy) is 1. The minimum Gasteiger partial charge on any atom is -0.497 e. The van der Waals surface area contributed by atoms with Crippen LogP contribution in [0.2, 0.25) is 0 Å². The molecule has 3 heterocycles. The van der Waals surface area contributed by atoms with E-state index in [-0.39, 0.29) is 17.5 Å². The summed E-state index contributed by atoms with van der Waals surface area (Å²) in [6.07, 6.45) is 6.73. The summed E-state index contributed by atoms with van der Waals surface area (Å²) in [6, 6.07) is 8.06. The second kappa shape index (κ2) is 9.64. The highest BCUT2D eigenvalue weighted by Crippen LogP contribution is 2.31. The number of hydrogen-bond donors (Lipinski definition) is 0. The molecule has 33 heavy (non-hydrogen) atoms. The van der Waals surface area contributed by atoms with Gasteiger partial charge >= 0.3 is 5.69 Å². The van der Waals surface area contributed by atoms with Gasteiger partial charge in [-0.1, -0.05) is 25.0 Å². The van der Waals surface area contributed by atoms with Crippen LogP contribution in [-0.2, 0) is 25.4 Å². The van der Waals surface area contributed by atoms with Gasteiger partial charge in [0.15, 0.2) is 11.2 Å². The largest absolute Gasteiger partial charge is 0.497 e. The maximum absolute atomic E-state index is 13.2. The van der Waals surface area contributed by atoms with E-state index in [2.05, 4.69) is 4.98 Å².